The van der Waals surface area contributed by atoms with E-state index in [9.17, 15) is 9.59 Å². The van der Waals surface area contributed by atoms with Crippen molar-refractivity contribution in [3.63, 3.8) is 0 Å². The lowest BCUT2D eigenvalue weighted by atomic mass is 10.3. The number of nitrogens with zero attached hydrogens (tertiary/aromatic N) is 3. The highest BCUT2D eigenvalue weighted by molar-refractivity contribution is 5.86. The van der Waals surface area contributed by atoms with E-state index in [0.717, 1.165) is 6.42 Å². The largest absolute Gasteiger partial charge is 0.476 e. The maximum atomic E-state index is 11.4. The van der Waals surface area contributed by atoms with Crippen LogP contribution in [0.3, 0.4) is 0 Å². The fraction of sp³-hybridized carbons (Fsp3) is 0.556. The number of carbonyl (C=O) groups excluding carboxylic acids is 1. The Hall–Kier alpha value is -1.92. The molecule has 1 heterocycles. The molecule has 0 spiro atoms. The quantitative estimate of drug-likeness (QED) is 0.725. The lowest BCUT2D eigenvalue weighted by Crippen LogP contribution is -2.29. The predicted molar refractivity (Wildman–Crippen MR) is 55.0 cm³/mol. The highest BCUT2D eigenvalue weighted by atomic mass is 16.4. The van der Waals surface area contributed by atoms with Crippen molar-refractivity contribution in [3.05, 3.63) is 11.4 Å². The van der Waals surface area contributed by atoms with Crippen molar-refractivity contribution in [2.75, 3.05) is 6.54 Å². The van der Waals surface area contributed by atoms with Crippen LogP contribution in [0.15, 0.2) is 0 Å². The molecule has 0 fully saturated rings. The second-order valence-corrected chi connectivity index (χ2v) is 3.34. The topological polar surface area (TPSA) is 97.1 Å². The summed E-state index contributed by atoms with van der Waals surface area (Å²) in [7, 11) is 0. The van der Waals surface area contributed by atoms with Crippen LogP contribution in [0.4, 0.5) is 0 Å². The Morgan fingerprint density at radius 1 is 1.50 bits per heavy atom. The van der Waals surface area contributed by atoms with Gasteiger partial charge in [0.2, 0.25) is 5.91 Å². The Labute approximate surface area is 92.4 Å². The van der Waals surface area contributed by atoms with Gasteiger partial charge in [-0.3, -0.25) is 4.79 Å². The zero-order valence-corrected chi connectivity index (χ0v) is 9.23. The number of carbonyl (C=O) groups is 2. The van der Waals surface area contributed by atoms with Crippen LogP contribution in [0.25, 0.3) is 0 Å². The first-order valence-electron chi connectivity index (χ1n) is 4.96. The van der Waals surface area contributed by atoms with Crippen LogP contribution in [0.1, 0.15) is 29.5 Å². The molecule has 0 aliphatic carbocycles. The monoisotopic (exact) mass is 226 g/mol. The third-order valence-corrected chi connectivity index (χ3v) is 2.05. The predicted octanol–water partition coefficient (Wildman–Crippen LogP) is -0.189. The van der Waals surface area contributed by atoms with Crippen LogP contribution in [0.5, 0.6) is 0 Å². The van der Waals surface area contributed by atoms with Gasteiger partial charge in [0.05, 0.1) is 5.69 Å². The van der Waals surface area contributed by atoms with E-state index in [1.165, 1.54) is 4.68 Å². The van der Waals surface area contributed by atoms with E-state index in [-0.39, 0.29) is 18.1 Å². The average Bonchev–Trinajstić information content (AvgIpc) is 2.57. The molecule has 7 heteroatoms. The second kappa shape index (κ2) is 5.24. The molecule has 0 atom stereocenters. The van der Waals surface area contributed by atoms with Gasteiger partial charge < -0.3 is 10.4 Å². The summed E-state index contributed by atoms with van der Waals surface area (Å²) in [6.07, 6.45) is 0.850. The smallest absolute Gasteiger partial charge is 0.358 e. The summed E-state index contributed by atoms with van der Waals surface area (Å²) in [6, 6.07) is 0. The number of carboxylic acid groups (broad SMARTS) is 1. The van der Waals surface area contributed by atoms with Crippen molar-refractivity contribution in [3.8, 4) is 0 Å². The first-order valence-corrected chi connectivity index (χ1v) is 4.96. The average molecular weight is 226 g/mol. The molecule has 1 amide bonds. The number of amides is 1. The molecule has 0 radical (unpaired) electrons. The van der Waals surface area contributed by atoms with E-state index >= 15 is 0 Å². The van der Waals surface area contributed by atoms with Crippen LogP contribution in [-0.2, 0) is 11.3 Å². The maximum Gasteiger partial charge on any atom is 0.358 e. The number of nitrogens with one attached hydrogen (secondary N) is 1. The van der Waals surface area contributed by atoms with Crippen molar-refractivity contribution in [2.45, 2.75) is 26.8 Å². The molecule has 1 rings (SSSR count). The van der Waals surface area contributed by atoms with Crippen LogP contribution in [0, 0.1) is 6.92 Å². The fourth-order valence-corrected chi connectivity index (χ4v) is 1.16. The minimum Gasteiger partial charge on any atom is -0.476 e. The summed E-state index contributed by atoms with van der Waals surface area (Å²) in [5, 5.41) is 18.5. The number of rotatable bonds is 5. The molecular formula is C9H14N4O3. The lowest BCUT2D eigenvalue weighted by molar-refractivity contribution is -0.121. The molecule has 0 aliphatic heterocycles. The summed E-state index contributed by atoms with van der Waals surface area (Å²) < 4.78 is 1.27. The minimum atomic E-state index is -1.14. The molecular weight excluding hydrogens is 212 g/mol. The highest BCUT2D eigenvalue weighted by Crippen LogP contribution is 2.02. The summed E-state index contributed by atoms with van der Waals surface area (Å²) in [5.41, 5.74) is 0.252. The third kappa shape index (κ3) is 2.78. The van der Waals surface area contributed by atoms with Gasteiger partial charge in [0.25, 0.3) is 0 Å². The van der Waals surface area contributed by atoms with Crippen molar-refractivity contribution < 1.29 is 14.7 Å². The van der Waals surface area contributed by atoms with Crippen molar-refractivity contribution >= 4 is 11.9 Å². The van der Waals surface area contributed by atoms with Gasteiger partial charge in [-0.1, -0.05) is 12.1 Å². The number of aromatic nitrogens is 3. The molecule has 0 saturated carbocycles. The second-order valence-electron chi connectivity index (χ2n) is 3.34. The van der Waals surface area contributed by atoms with E-state index in [4.69, 9.17) is 5.11 Å². The minimum absolute atomic E-state index is 0.00782. The Bertz CT molecular complexity index is 399. The van der Waals surface area contributed by atoms with Gasteiger partial charge in [0.1, 0.15) is 6.54 Å². The number of hydrogen-bond donors (Lipinski definition) is 2. The molecule has 16 heavy (non-hydrogen) atoms. The number of hydrogen-bond acceptors (Lipinski definition) is 4. The van der Waals surface area contributed by atoms with Gasteiger partial charge in [0, 0.05) is 6.54 Å². The molecule has 1 aromatic rings. The van der Waals surface area contributed by atoms with E-state index < -0.39 is 5.97 Å². The number of carboxylic acids is 1. The van der Waals surface area contributed by atoms with Gasteiger partial charge in [-0.2, -0.15) is 0 Å². The third-order valence-electron chi connectivity index (χ3n) is 2.05. The zero-order valence-electron chi connectivity index (χ0n) is 9.23. The molecule has 0 saturated heterocycles. The Kier molecular flexibility index (Phi) is 3.98. The molecule has 2 N–H and O–H groups in total. The van der Waals surface area contributed by atoms with Gasteiger partial charge in [-0.15, -0.1) is 5.10 Å². The Morgan fingerprint density at radius 3 is 2.69 bits per heavy atom. The summed E-state index contributed by atoms with van der Waals surface area (Å²) in [6.45, 7) is 4.10. The van der Waals surface area contributed by atoms with Crippen LogP contribution in [0.2, 0.25) is 0 Å². The van der Waals surface area contributed by atoms with E-state index in [1.807, 2.05) is 6.92 Å². The summed E-state index contributed by atoms with van der Waals surface area (Å²) in [5.74, 6) is -1.34. The standard InChI is InChI=1S/C9H14N4O3/c1-3-4-10-7(14)5-13-6(2)8(9(15)16)11-12-13/h3-5H2,1-2H3,(H,10,14)(H,15,16). The normalized spacial score (nSPS) is 10.1. The highest BCUT2D eigenvalue weighted by Gasteiger charge is 2.16. The van der Waals surface area contributed by atoms with Crippen LogP contribution >= 0.6 is 0 Å². The first kappa shape index (κ1) is 12.2. The summed E-state index contributed by atoms with van der Waals surface area (Å²) in [4.78, 5) is 22.0. The van der Waals surface area contributed by atoms with E-state index in [1.54, 1.807) is 6.92 Å². The van der Waals surface area contributed by atoms with Gasteiger partial charge >= 0.3 is 5.97 Å². The van der Waals surface area contributed by atoms with Gasteiger partial charge in [-0.25, -0.2) is 9.48 Å². The molecule has 0 bridgehead atoms. The van der Waals surface area contributed by atoms with Crippen LogP contribution in [-0.4, -0.2) is 38.5 Å². The van der Waals surface area contributed by atoms with Gasteiger partial charge in [-0.05, 0) is 13.3 Å². The molecule has 0 aliphatic rings. The molecule has 0 unspecified atom stereocenters. The van der Waals surface area contributed by atoms with Crippen molar-refractivity contribution in [2.24, 2.45) is 0 Å². The molecule has 1 aromatic heterocycles. The zero-order chi connectivity index (χ0) is 12.1. The first-order chi connectivity index (χ1) is 7.56. The fourth-order valence-electron chi connectivity index (χ4n) is 1.16. The number of aromatic carboxylic acids is 1. The molecule has 88 valence electrons. The Morgan fingerprint density at radius 2 is 2.19 bits per heavy atom. The van der Waals surface area contributed by atoms with Gasteiger partial charge in [0.15, 0.2) is 5.69 Å². The molecule has 0 aromatic carbocycles. The molecule has 7 nitrogen and oxygen atoms in total. The SMILES string of the molecule is CCCNC(=O)Cn1nnc(C(=O)O)c1C. The summed E-state index contributed by atoms with van der Waals surface area (Å²) >= 11 is 0. The van der Waals surface area contributed by atoms with Crippen molar-refractivity contribution in [1.29, 1.82) is 0 Å². The Balaban J connectivity index is 2.68. The van der Waals surface area contributed by atoms with E-state index in [2.05, 4.69) is 15.6 Å². The van der Waals surface area contributed by atoms with Crippen LogP contribution < -0.4 is 5.32 Å². The van der Waals surface area contributed by atoms with E-state index in [0.29, 0.717) is 12.2 Å². The maximum absolute atomic E-state index is 11.4. The lowest BCUT2D eigenvalue weighted by Gasteiger charge is -2.04. The van der Waals surface area contributed by atoms with Crippen molar-refractivity contribution in [1.82, 2.24) is 20.3 Å².